The summed E-state index contributed by atoms with van der Waals surface area (Å²) >= 11 is 0. The summed E-state index contributed by atoms with van der Waals surface area (Å²) in [5.41, 5.74) is 1.56. The van der Waals surface area contributed by atoms with E-state index in [2.05, 4.69) is 5.32 Å². The first-order chi connectivity index (χ1) is 13.4. The molecular formula is C22H29N3O3. The van der Waals surface area contributed by atoms with Gasteiger partial charge in [0.15, 0.2) is 0 Å². The van der Waals surface area contributed by atoms with Crippen LogP contribution in [0.5, 0.6) is 5.75 Å². The van der Waals surface area contributed by atoms with Crippen LogP contribution in [0.3, 0.4) is 0 Å². The second-order valence-electron chi connectivity index (χ2n) is 6.77. The maximum atomic E-state index is 12.9. The summed E-state index contributed by atoms with van der Waals surface area (Å²) < 4.78 is 5.11. The first-order valence-electron chi connectivity index (χ1n) is 9.48. The van der Waals surface area contributed by atoms with Gasteiger partial charge in [0.25, 0.3) is 0 Å². The molecule has 2 rings (SSSR count). The number of carbonyl (C=O) groups is 2. The highest BCUT2D eigenvalue weighted by Crippen LogP contribution is 2.17. The molecule has 6 nitrogen and oxygen atoms in total. The van der Waals surface area contributed by atoms with Gasteiger partial charge in [-0.3, -0.25) is 14.5 Å². The van der Waals surface area contributed by atoms with E-state index in [-0.39, 0.29) is 30.9 Å². The van der Waals surface area contributed by atoms with E-state index in [0.717, 1.165) is 11.4 Å². The van der Waals surface area contributed by atoms with E-state index < -0.39 is 0 Å². The van der Waals surface area contributed by atoms with Gasteiger partial charge in [0.1, 0.15) is 5.75 Å². The minimum Gasteiger partial charge on any atom is -0.497 e. The zero-order chi connectivity index (χ0) is 20.5. The number of anilines is 2. The number of amides is 2. The molecule has 0 atom stereocenters. The molecular weight excluding hydrogens is 354 g/mol. The maximum Gasteiger partial charge on any atom is 0.241 e. The molecule has 0 aliphatic rings. The second-order valence-corrected chi connectivity index (χ2v) is 6.77. The number of ether oxygens (including phenoxy) is 1. The molecule has 0 aliphatic carbocycles. The Kier molecular flexibility index (Phi) is 8.02. The fourth-order valence-electron chi connectivity index (χ4n) is 2.94. The molecule has 0 radical (unpaired) electrons. The maximum absolute atomic E-state index is 12.9. The summed E-state index contributed by atoms with van der Waals surface area (Å²) in [6.45, 7) is 6.84. The lowest BCUT2D eigenvalue weighted by Gasteiger charge is -2.29. The third-order valence-corrected chi connectivity index (χ3v) is 4.37. The number of para-hydroxylation sites is 1. The van der Waals surface area contributed by atoms with Crippen LogP contribution in [0, 0.1) is 0 Å². The Morgan fingerprint density at radius 1 is 1.00 bits per heavy atom. The lowest BCUT2D eigenvalue weighted by molar-refractivity contribution is -0.121. The average Bonchev–Trinajstić information content (AvgIpc) is 2.68. The number of hydrogen-bond donors (Lipinski definition) is 1. The molecule has 0 bridgehead atoms. The zero-order valence-electron chi connectivity index (χ0n) is 17.0. The monoisotopic (exact) mass is 383 g/mol. The third-order valence-electron chi connectivity index (χ3n) is 4.37. The summed E-state index contributed by atoms with van der Waals surface area (Å²) in [5, 5.41) is 2.85. The number of methoxy groups -OCH3 is 1. The largest absolute Gasteiger partial charge is 0.497 e. The Morgan fingerprint density at radius 3 is 2.18 bits per heavy atom. The highest BCUT2D eigenvalue weighted by molar-refractivity contribution is 5.96. The van der Waals surface area contributed by atoms with Gasteiger partial charge in [-0.15, -0.1) is 0 Å². The average molecular weight is 383 g/mol. The Hall–Kier alpha value is -2.86. The van der Waals surface area contributed by atoms with Crippen LogP contribution in [0.4, 0.5) is 11.4 Å². The molecule has 150 valence electrons. The second kappa shape index (κ2) is 10.5. The summed E-state index contributed by atoms with van der Waals surface area (Å²) in [6.07, 6.45) is 0. The molecule has 0 aliphatic heterocycles. The molecule has 0 saturated carbocycles. The van der Waals surface area contributed by atoms with Crippen LogP contribution >= 0.6 is 0 Å². The molecule has 2 amide bonds. The Balaban J connectivity index is 1.97. The van der Waals surface area contributed by atoms with Gasteiger partial charge in [0, 0.05) is 17.4 Å². The number of carbonyl (C=O) groups excluding carboxylic acids is 2. The van der Waals surface area contributed by atoms with Gasteiger partial charge < -0.3 is 15.0 Å². The van der Waals surface area contributed by atoms with E-state index in [0.29, 0.717) is 12.2 Å². The smallest absolute Gasteiger partial charge is 0.241 e. The van der Waals surface area contributed by atoms with Crippen molar-refractivity contribution < 1.29 is 14.3 Å². The van der Waals surface area contributed by atoms with Crippen molar-refractivity contribution in [1.82, 2.24) is 4.90 Å². The summed E-state index contributed by atoms with van der Waals surface area (Å²) in [5.74, 6) is 0.546. The lowest BCUT2D eigenvalue weighted by atomic mass is 10.2. The molecule has 2 aromatic rings. The van der Waals surface area contributed by atoms with E-state index in [1.165, 1.54) is 0 Å². The van der Waals surface area contributed by atoms with Crippen LogP contribution in [0.15, 0.2) is 54.6 Å². The predicted octanol–water partition coefficient (Wildman–Crippen LogP) is 3.40. The fourth-order valence-corrected chi connectivity index (χ4v) is 2.94. The Bertz CT molecular complexity index is 760. The minimum absolute atomic E-state index is 0.0275. The van der Waals surface area contributed by atoms with E-state index in [1.807, 2.05) is 56.0 Å². The number of benzene rings is 2. The lowest BCUT2D eigenvalue weighted by Crippen LogP contribution is -2.45. The van der Waals surface area contributed by atoms with Crippen LogP contribution in [0.1, 0.15) is 20.8 Å². The van der Waals surface area contributed by atoms with Crippen LogP contribution in [-0.2, 0) is 9.59 Å². The summed E-state index contributed by atoms with van der Waals surface area (Å²) in [4.78, 5) is 28.9. The normalized spacial score (nSPS) is 10.8. The van der Waals surface area contributed by atoms with Crippen molar-refractivity contribution in [2.24, 2.45) is 0 Å². The molecule has 0 spiro atoms. The quantitative estimate of drug-likeness (QED) is 0.721. The van der Waals surface area contributed by atoms with Gasteiger partial charge in [-0.2, -0.15) is 0 Å². The minimum atomic E-state index is -0.157. The number of nitrogens with one attached hydrogen (secondary N) is 1. The number of hydrogen-bond acceptors (Lipinski definition) is 4. The van der Waals surface area contributed by atoms with Crippen molar-refractivity contribution in [3.05, 3.63) is 54.6 Å². The van der Waals surface area contributed by atoms with Crippen molar-refractivity contribution in [3.8, 4) is 5.75 Å². The van der Waals surface area contributed by atoms with E-state index in [4.69, 9.17) is 4.74 Å². The van der Waals surface area contributed by atoms with Crippen LogP contribution in [0.2, 0.25) is 0 Å². The first-order valence-corrected chi connectivity index (χ1v) is 9.48. The highest BCUT2D eigenvalue weighted by Gasteiger charge is 2.22. The van der Waals surface area contributed by atoms with Gasteiger partial charge in [-0.25, -0.2) is 0 Å². The fraction of sp³-hybridized carbons (Fsp3) is 0.364. The van der Waals surface area contributed by atoms with Crippen molar-refractivity contribution >= 4 is 23.2 Å². The van der Waals surface area contributed by atoms with E-state index in [1.54, 1.807) is 36.3 Å². The number of likely N-dealkylation sites (N-methyl/N-ethyl adjacent to an activating group) is 1. The topological polar surface area (TPSA) is 61.9 Å². The van der Waals surface area contributed by atoms with Gasteiger partial charge in [-0.1, -0.05) is 25.1 Å². The number of rotatable bonds is 9. The Morgan fingerprint density at radius 2 is 1.64 bits per heavy atom. The molecule has 0 aromatic heterocycles. The van der Waals surface area contributed by atoms with Crippen LogP contribution < -0.4 is 15.0 Å². The number of nitrogens with zero attached hydrogens (tertiary/aromatic N) is 2. The molecule has 0 fully saturated rings. The molecule has 0 unspecified atom stereocenters. The zero-order valence-corrected chi connectivity index (χ0v) is 17.0. The van der Waals surface area contributed by atoms with E-state index >= 15 is 0 Å². The third kappa shape index (κ3) is 6.09. The highest BCUT2D eigenvalue weighted by atomic mass is 16.5. The Labute approximate surface area is 167 Å². The van der Waals surface area contributed by atoms with Gasteiger partial charge in [0.2, 0.25) is 11.8 Å². The van der Waals surface area contributed by atoms with Crippen molar-refractivity contribution in [2.75, 3.05) is 37.0 Å². The SMILES string of the molecule is CCN(CC(=O)Nc1ccc(OC)cc1)CC(=O)N(c1ccccc1)C(C)C. The molecule has 6 heteroatoms. The van der Waals surface area contributed by atoms with Crippen LogP contribution in [0.25, 0.3) is 0 Å². The summed E-state index contributed by atoms with van der Waals surface area (Å²) in [6, 6.07) is 16.8. The van der Waals surface area contributed by atoms with Gasteiger partial charge in [0.05, 0.1) is 20.2 Å². The van der Waals surface area contributed by atoms with Crippen molar-refractivity contribution in [1.29, 1.82) is 0 Å². The van der Waals surface area contributed by atoms with Gasteiger partial charge in [-0.05, 0) is 56.8 Å². The first kappa shape index (κ1) is 21.4. The van der Waals surface area contributed by atoms with Crippen molar-refractivity contribution in [3.63, 3.8) is 0 Å². The summed E-state index contributed by atoms with van der Waals surface area (Å²) in [7, 11) is 1.60. The molecule has 1 N–H and O–H groups in total. The molecule has 28 heavy (non-hydrogen) atoms. The van der Waals surface area contributed by atoms with Crippen molar-refractivity contribution in [2.45, 2.75) is 26.8 Å². The van der Waals surface area contributed by atoms with Crippen LogP contribution in [-0.4, -0.2) is 49.5 Å². The van der Waals surface area contributed by atoms with Gasteiger partial charge >= 0.3 is 0 Å². The van der Waals surface area contributed by atoms with E-state index in [9.17, 15) is 9.59 Å². The predicted molar refractivity (Wildman–Crippen MR) is 113 cm³/mol. The molecule has 2 aromatic carbocycles. The standard InChI is InChI=1S/C22H29N3O3/c1-5-24(15-21(26)23-18-11-13-20(28-4)14-12-18)16-22(27)25(17(2)3)19-9-7-6-8-10-19/h6-14,17H,5,15-16H2,1-4H3,(H,23,26). The molecule has 0 heterocycles. The molecule has 0 saturated heterocycles.